The van der Waals surface area contributed by atoms with E-state index in [1.54, 1.807) is 22.9 Å². The third kappa shape index (κ3) is 2.73. The maximum Gasteiger partial charge on any atom is 0.322 e. The molecule has 0 bridgehead atoms. The standard InChI is InChI=1S/C17H22N2O4S/c20-15(9-4-5-9)13-11-7-12(14(17(22)23)19(11)16(13)21)24-8-10-3-1-2-6-18-10/h1-3,6,9,11-16,20-21H,4-5,7-8H2,(H,22,23)/t11?,12?,13-,14?,15?,16?/m1/s1. The molecule has 1 aromatic rings. The third-order valence-electron chi connectivity index (χ3n) is 5.55. The lowest BCUT2D eigenvalue weighted by atomic mass is 9.80. The van der Waals surface area contributed by atoms with Crippen LogP contribution in [0, 0.1) is 11.8 Å². The Morgan fingerprint density at radius 3 is 2.83 bits per heavy atom. The molecule has 1 aliphatic carbocycles. The smallest absolute Gasteiger partial charge is 0.322 e. The maximum atomic E-state index is 11.7. The molecular weight excluding hydrogens is 328 g/mol. The van der Waals surface area contributed by atoms with E-state index in [9.17, 15) is 20.1 Å². The van der Waals surface area contributed by atoms with E-state index in [1.165, 1.54) is 0 Å². The number of carboxylic acid groups (broad SMARTS) is 1. The summed E-state index contributed by atoms with van der Waals surface area (Å²) in [4.78, 5) is 17.7. The summed E-state index contributed by atoms with van der Waals surface area (Å²) in [6.45, 7) is 0. The second kappa shape index (κ2) is 6.29. The number of fused-ring (bicyclic) bond motifs is 1. The van der Waals surface area contributed by atoms with Crippen LogP contribution in [-0.4, -0.2) is 60.8 Å². The fraction of sp³-hybridized carbons (Fsp3) is 0.647. The predicted octanol–water partition coefficient (Wildman–Crippen LogP) is 0.930. The van der Waals surface area contributed by atoms with E-state index in [1.807, 2.05) is 18.2 Å². The van der Waals surface area contributed by atoms with Gasteiger partial charge in [-0.1, -0.05) is 6.07 Å². The molecule has 0 radical (unpaired) electrons. The minimum atomic E-state index is -0.894. The molecule has 6 nitrogen and oxygen atoms in total. The fourth-order valence-corrected chi connectivity index (χ4v) is 5.51. The molecule has 5 unspecified atom stereocenters. The van der Waals surface area contributed by atoms with Gasteiger partial charge in [0.25, 0.3) is 0 Å². The van der Waals surface area contributed by atoms with E-state index < -0.39 is 24.3 Å². The first-order valence-corrected chi connectivity index (χ1v) is 9.50. The molecule has 4 rings (SSSR count). The normalized spacial score (nSPS) is 36.8. The zero-order valence-corrected chi connectivity index (χ0v) is 14.0. The molecule has 3 heterocycles. The summed E-state index contributed by atoms with van der Waals surface area (Å²) in [6.07, 6.45) is 3.11. The van der Waals surface area contributed by atoms with Crippen molar-refractivity contribution in [2.24, 2.45) is 11.8 Å². The number of thioether (sulfide) groups is 1. The SMILES string of the molecule is O=C(O)C1C(SCc2ccccn2)CC2[C@H](C(O)C3CC3)C(O)N12. The first-order chi connectivity index (χ1) is 11.6. The van der Waals surface area contributed by atoms with Crippen LogP contribution in [0.3, 0.4) is 0 Å². The van der Waals surface area contributed by atoms with Crippen molar-refractivity contribution in [2.45, 2.75) is 54.7 Å². The molecule has 3 fully saturated rings. The number of aliphatic hydroxyl groups excluding tert-OH is 2. The minimum absolute atomic E-state index is 0.0297. The second-order valence-corrected chi connectivity index (χ2v) is 8.25. The largest absolute Gasteiger partial charge is 0.480 e. The predicted molar refractivity (Wildman–Crippen MR) is 89.2 cm³/mol. The van der Waals surface area contributed by atoms with E-state index in [-0.39, 0.29) is 23.1 Å². The summed E-state index contributed by atoms with van der Waals surface area (Å²) in [7, 11) is 0. The summed E-state index contributed by atoms with van der Waals surface area (Å²) in [5.74, 6) is -0.161. The van der Waals surface area contributed by atoms with Gasteiger partial charge in [-0.2, -0.15) is 0 Å². The molecule has 0 spiro atoms. The zero-order valence-electron chi connectivity index (χ0n) is 13.2. The maximum absolute atomic E-state index is 11.7. The highest BCUT2D eigenvalue weighted by Gasteiger charge is 2.63. The number of hydrogen-bond acceptors (Lipinski definition) is 6. The van der Waals surface area contributed by atoms with Crippen molar-refractivity contribution in [1.29, 1.82) is 0 Å². The van der Waals surface area contributed by atoms with Gasteiger partial charge < -0.3 is 15.3 Å². The van der Waals surface area contributed by atoms with Crippen LogP contribution >= 0.6 is 11.8 Å². The summed E-state index contributed by atoms with van der Waals surface area (Å²) in [5.41, 5.74) is 0.927. The molecule has 2 saturated heterocycles. The van der Waals surface area contributed by atoms with Gasteiger partial charge in [-0.05, 0) is 37.3 Å². The van der Waals surface area contributed by atoms with Crippen LogP contribution in [0.1, 0.15) is 25.0 Å². The summed E-state index contributed by atoms with van der Waals surface area (Å²) >= 11 is 1.58. The van der Waals surface area contributed by atoms with Crippen molar-refractivity contribution in [2.75, 3.05) is 0 Å². The third-order valence-corrected chi connectivity index (χ3v) is 6.89. The van der Waals surface area contributed by atoms with E-state index in [2.05, 4.69) is 4.98 Å². The van der Waals surface area contributed by atoms with Gasteiger partial charge in [0.05, 0.1) is 11.8 Å². The molecule has 0 aromatic carbocycles. The number of aromatic nitrogens is 1. The molecule has 6 atom stereocenters. The van der Waals surface area contributed by atoms with Crippen LogP contribution in [-0.2, 0) is 10.5 Å². The number of rotatable bonds is 6. The Hall–Kier alpha value is -1.15. The summed E-state index contributed by atoms with van der Waals surface area (Å²) < 4.78 is 0. The molecule has 3 N–H and O–H groups in total. The van der Waals surface area contributed by atoms with Gasteiger partial charge in [0.15, 0.2) is 0 Å². The average molecular weight is 350 g/mol. The first kappa shape index (κ1) is 16.3. The lowest BCUT2D eigenvalue weighted by Crippen LogP contribution is -2.68. The van der Waals surface area contributed by atoms with Crippen molar-refractivity contribution in [3.63, 3.8) is 0 Å². The van der Waals surface area contributed by atoms with Gasteiger partial charge in [-0.15, -0.1) is 11.8 Å². The Balaban J connectivity index is 1.45. The average Bonchev–Trinajstić information content (AvgIpc) is 3.36. The topological polar surface area (TPSA) is 93.9 Å². The van der Waals surface area contributed by atoms with Crippen molar-refractivity contribution in [3.8, 4) is 0 Å². The van der Waals surface area contributed by atoms with Gasteiger partial charge in [0.2, 0.25) is 0 Å². The zero-order chi connectivity index (χ0) is 16.8. The molecule has 130 valence electrons. The van der Waals surface area contributed by atoms with Crippen LogP contribution in [0.15, 0.2) is 24.4 Å². The Labute approximate surface area is 144 Å². The molecule has 1 aromatic heterocycles. The lowest BCUT2D eigenvalue weighted by molar-refractivity contribution is -0.212. The van der Waals surface area contributed by atoms with Crippen LogP contribution in [0.25, 0.3) is 0 Å². The molecule has 1 saturated carbocycles. The van der Waals surface area contributed by atoms with Crippen molar-refractivity contribution in [1.82, 2.24) is 9.88 Å². The Morgan fingerprint density at radius 1 is 1.42 bits per heavy atom. The number of aliphatic carboxylic acids is 1. The van der Waals surface area contributed by atoms with E-state index in [4.69, 9.17) is 0 Å². The Kier molecular flexibility index (Phi) is 4.28. The lowest BCUT2D eigenvalue weighted by Gasteiger charge is -2.52. The highest BCUT2D eigenvalue weighted by Crippen LogP contribution is 2.51. The quantitative estimate of drug-likeness (QED) is 0.703. The monoisotopic (exact) mass is 350 g/mol. The highest BCUT2D eigenvalue weighted by molar-refractivity contribution is 7.99. The van der Waals surface area contributed by atoms with Gasteiger partial charge in [0.1, 0.15) is 12.3 Å². The van der Waals surface area contributed by atoms with Crippen molar-refractivity contribution < 1.29 is 20.1 Å². The van der Waals surface area contributed by atoms with Crippen LogP contribution < -0.4 is 0 Å². The van der Waals surface area contributed by atoms with Gasteiger partial charge in [0, 0.05) is 29.2 Å². The van der Waals surface area contributed by atoms with Gasteiger partial charge in [-0.3, -0.25) is 14.7 Å². The van der Waals surface area contributed by atoms with Crippen molar-refractivity contribution in [3.05, 3.63) is 30.1 Å². The second-order valence-electron chi connectivity index (χ2n) is 7.02. The van der Waals surface area contributed by atoms with Gasteiger partial charge in [-0.25, -0.2) is 0 Å². The molecule has 0 amide bonds. The van der Waals surface area contributed by atoms with E-state index in [0.29, 0.717) is 12.2 Å². The molecule has 2 aliphatic heterocycles. The van der Waals surface area contributed by atoms with Gasteiger partial charge >= 0.3 is 5.97 Å². The number of nitrogens with zero attached hydrogens (tertiary/aromatic N) is 2. The molecule has 24 heavy (non-hydrogen) atoms. The van der Waals surface area contributed by atoms with Crippen molar-refractivity contribution >= 4 is 17.7 Å². The van der Waals surface area contributed by atoms with Crippen LogP contribution in [0.4, 0.5) is 0 Å². The summed E-state index contributed by atoms with van der Waals surface area (Å²) in [6, 6.07) is 4.99. The number of carbonyl (C=O) groups is 1. The first-order valence-electron chi connectivity index (χ1n) is 8.46. The molecule has 3 aliphatic rings. The fourth-order valence-electron chi connectivity index (χ4n) is 4.18. The molecular formula is C17H22N2O4S. The van der Waals surface area contributed by atoms with E-state index in [0.717, 1.165) is 18.5 Å². The Morgan fingerprint density at radius 2 is 2.21 bits per heavy atom. The minimum Gasteiger partial charge on any atom is -0.480 e. The van der Waals surface area contributed by atoms with Crippen LogP contribution in [0.5, 0.6) is 0 Å². The number of hydrogen-bond donors (Lipinski definition) is 3. The highest BCUT2D eigenvalue weighted by atomic mass is 32.2. The van der Waals surface area contributed by atoms with E-state index >= 15 is 0 Å². The number of pyridine rings is 1. The number of aliphatic hydroxyl groups is 2. The summed E-state index contributed by atoms with van der Waals surface area (Å²) in [5, 5.41) is 30.3. The number of carboxylic acids is 1. The Bertz CT molecular complexity index is 612. The van der Waals surface area contributed by atoms with Crippen LogP contribution in [0.2, 0.25) is 0 Å². The molecule has 7 heteroatoms.